The molecular weight excluding hydrogens is 492 g/mol. The third-order valence-corrected chi connectivity index (χ3v) is 7.55. The van der Waals surface area contributed by atoms with E-state index in [1.165, 1.54) is 11.3 Å². The number of aryl methyl sites for hydroxylation is 1. The van der Waals surface area contributed by atoms with E-state index in [4.69, 9.17) is 20.6 Å². The van der Waals surface area contributed by atoms with Gasteiger partial charge in [-0.1, -0.05) is 5.92 Å². The summed E-state index contributed by atoms with van der Waals surface area (Å²) in [7, 11) is 3.25. The molecule has 1 saturated heterocycles. The second-order valence-corrected chi connectivity index (χ2v) is 9.75. The van der Waals surface area contributed by atoms with Gasteiger partial charge in [-0.25, -0.2) is 4.79 Å². The van der Waals surface area contributed by atoms with Gasteiger partial charge in [-0.05, 0) is 37.3 Å². The molecule has 0 unspecified atom stereocenters. The average Bonchev–Trinajstić information content (AvgIpc) is 3.61. The normalized spacial score (nSPS) is 17.3. The summed E-state index contributed by atoms with van der Waals surface area (Å²) < 4.78 is 19.5. The summed E-state index contributed by atoms with van der Waals surface area (Å²) >= 11 is 1.34. The number of hydrogen-bond donors (Lipinski definition) is 1. The van der Waals surface area contributed by atoms with Gasteiger partial charge < -0.3 is 24.4 Å². The second kappa shape index (κ2) is 10.2. The SMILES string of the molecule is C#CCNC(=O)n1c(C)cc2cc(Oc3ccnc4cc(C(=O)N5C[C@H](OC)[C@@H](OC)C5)sc34)ccc21. The van der Waals surface area contributed by atoms with Gasteiger partial charge >= 0.3 is 6.03 Å². The van der Waals surface area contributed by atoms with E-state index in [0.717, 1.165) is 21.3 Å². The monoisotopic (exact) mass is 518 g/mol. The van der Waals surface area contributed by atoms with Gasteiger partial charge in [0.15, 0.2) is 0 Å². The zero-order chi connectivity index (χ0) is 26.1. The molecule has 0 saturated carbocycles. The van der Waals surface area contributed by atoms with E-state index in [2.05, 4.69) is 16.2 Å². The highest BCUT2D eigenvalue weighted by Crippen LogP contribution is 2.37. The quantitative estimate of drug-likeness (QED) is 0.388. The molecule has 1 aromatic carbocycles. The van der Waals surface area contributed by atoms with Crippen LogP contribution in [-0.2, 0) is 9.47 Å². The van der Waals surface area contributed by atoms with E-state index in [1.54, 1.807) is 48.1 Å². The van der Waals surface area contributed by atoms with Crippen LogP contribution in [0, 0.1) is 19.3 Å². The highest BCUT2D eigenvalue weighted by molar-refractivity contribution is 7.21. The maximum atomic E-state index is 13.2. The number of aromatic nitrogens is 2. The minimum Gasteiger partial charge on any atom is -0.456 e. The number of rotatable bonds is 6. The summed E-state index contributed by atoms with van der Waals surface area (Å²) in [4.78, 5) is 32.5. The molecule has 2 amide bonds. The van der Waals surface area contributed by atoms with Crippen molar-refractivity contribution in [3.05, 3.63) is 53.2 Å². The Bertz CT molecular complexity index is 1520. The molecule has 4 heterocycles. The molecule has 0 bridgehead atoms. The smallest absolute Gasteiger partial charge is 0.327 e. The number of thiophene rings is 1. The first-order valence-electron chi connectivity index (χ1n) is 11.7. The van der Waals surface area contributed by atoms with Gasteiger partial charge in [0.05, 0.1) is 27.2 Å². The van der Waals surface area contributed by atoms with Gasteiger partial charge in [0, 0.05) is 50.7 Å². The van der Waals surface area contributed by atoms with E-state index in [1.807, 2.05) is 25.1 Å². The number of nitrogens with zero attached hydrogens (tertiary/aromatic N) is 3. The number of likely N-dealkylation sites (tertiary alicyclic amines) is 1. The Morgan fingerprint density at radius 2 is 1.92 bits per heavy atom. The van der Waals surface area contributed by atoms with Gasteiger partial charge in [0.1, 0.15) is 23.7 Å². The Morgan fingerprint density at radius 1 is 1.16 bits per heavy atom. The van der Waals surface area contributed by atoms with Crippen molar-refractivity contribution in [3.8, 4) is 23.8 Å². The molecule has 1 fully saturated rings. The topological polar surface area (TPSA) is 94.9 Å². The molecular formula is C27H26N4O5S. The third kappa shape index (κ3) is 4.64. The van der Waals surface area contributed by atoms with Crippen LogP contribution in [0.3, 0.4) is 0 Å². The zero-order valence-electron chi connectivity index (χ0n) is 20.7. The summed E-state index contributed by atoms with van der Waals surface area (Å²) in [6.45, 7) is 2.95. The first-order chi connectivity index (χ1) is 17.9. The Morgan fingerprint density at radius 3 is 2.62 bits per heavy atom. The first-order valence-corrected chi connectivity index (χ1v) is 12.5. The van der Waals surface area contributed by atoms with E-state index in [-0.39, 0.29) is 30.7 Å². The van der Waals surface area contributed by atoms with Crippen LogP contribution in [0.2, 0.25) is 0 Å². The molecule has 1 aliphatic heterocycles. The molecule has 1 N–H and O–H groups in total. The van der Waals surface area contributed by atoms with Crippen molar-refractivity contribution in [1.82, 2.24) is 19.8 Å². The van der Waals surface area contributed by atoms with Crippen molar-refractivity contribution < 1.29 is 23.8 Å². The predicted octanol–water partition coefficient (Wildman–Crippen LogP) is 4.03. The van der Waals surface area contributed by atoms with Crippen molar-refractivity contribution in [1.29, 1.82) is 0 Å². The second-order valence-electron chi connectivity index (χ2n) is 8.70. The fourth-order valence-corrected chi connectivity index (χ4v) is 5.65. The van der Waals surface area contributed by atoms with Crippen LogP contribution in [0.1, 0.15) is 15.4 Å². The number of amides is 2. The maximum absolute atomic E-state index is 13.2. The van der Waals surface area contributed by atoms with Gasteiger partial charge in [-0.2, -0.15) is 0 Å². The van der Waals surface area contributed by atoms with Crippen molar-refractivity contribution in [3.63, 3.8) is 0 Å². The molecule has 2 atom stereocenters. The molecule has 10 heteroatoms. The Kier molecular flexibility index (Phi) is 6.84. The summed E-state index contributed by atoms with van der Waals surface area (Å²) in [6.07, 6.45) is 6.61. The van der Waals surface area contributed by atoms with E-state index < -0.39 is 0 Å². The van der Waals surface area contributed by atoms with Gasteiger partial charge in [-0.3, -0.25) is 14.3 Å². The van der Waals surface area contributed by atoms with Crippen LogP contribution in [0.4, 0.5) is 4.79 Å². The molecule has 0 spiro atoms. The number of terminal acetylenes is 1. The maximum Gasteiger partial charge on any atom is 0.327 e. The molecule has 0 aliphatic carbocycles. The molecule has 0 radical (unpaired) electrons. The van der Waals surface area contributed by atoms with Crippen LogP contribution < -0.4 is 10.1 Å². The van der Waals surface area contributed by atoms with Crippen LogP contribution >= 0.6 is 11.3 Å². The highest BCUT2D eigenvalue weighted by atomic mass is 32.1. The molecule has 37 heavy (non-hydrogen) atoms. The molecule has 5 rings (SSSR count). The van der Waals surface area contributed by atoms with Crippen LogP contribution in [-0.4, -0.2) is 72.5 Å². The lowest BCUT2D eigenvalue weighted by Crippen LogP contribution is -2.29. The minimum absolute atomic E-state index is 0.0862. The summed E-state index contributed by atoms with van der Waals surface area (Å²) in [5.41, 5.74) is 2.21. The number of hydrogen-bond acceptors (Lipinski definition) is 7. The summed E-state index contributed by atoms with van der Waals surface area (Å²) in [6, 6.07) is 10.7. The lowest BCUT2D eigenvalue weighted by molar-refractivity contribution is -0.00461. The minimum atomic E-state index is -0.280. The largest absolute Gasteiger partial charge is 0.456 e. The number of carbonyl (C=O) groups excluding carboxylic acids is 2. The standard InChI is InChI=1S/C27H26N4O5S/c1-5-9-29-27(33)31-16(2)11-17-12-18(6-7-20(17)31)36-21-8-10-28-19-13-24(37-25(19)21)26(32)30-14-22(34-3)23(15-30)35-4/h1,6-8,10-13,22-23H,9,14-15H2,2-4H3,(H,29,33)/t22-,23-/m0/s1. The van der Waals surface area contributed by atoms with Gasteiger partial charge in [0.25, 0.3) is 5.91 Å². The van der Waals surface area contributed by atoms with Crippen LogP contribution in [0.5, 0.6) is 11.5 Å². The summed E-state index contributed by atoms with van der Waals surface area (Å²) in [5.74, 6) is 3.53. The number of nitrogens with one attached hydrogen (secondary N) is 1. The Balaban J connectivity index is 1.40. The number of pyridine rings is 1. The van der Waals surface area contributed by atoms with Crippen molar-refractivity contribution >= 4 is 44.4 Å². The van der Waals surface area contributed by atoms with Crippen LogP contribution in [0.25, 0.3) is 21.1 Å². The number of carbonyl (C=O) groups is 2. The fraction of sp³-hybridized carbons (Fsp3) is 0.296. The van der Waals surface area contributed by atoms with Crippen molar-refractivity contribution in [2.75, 3.05) is 33.9 Å². The number of fused-ring (bicyclic) bond motifs is 2. The molecule has 1 aliphatic rings. The van der Waals surface area contributed by atoms with Crippen molar-refractivity contribution in [2.45, 2.75) is 19.1 Å². The molecule has 9 nitrogen and oxygen atoms in total. The Hall–Kier alpha value is -3.91. The lowest BCUT2D eigenvalue weighted by Gasteiger charge is -2.14. The van der Waals surface area contributed by atoms with E-state index in [9.17, 15) is 9.59 Å². The summed E-state index contributed by atoms with van der Waals surface area (Å²) in [5, 5.41) is 3.55. The average molecular weight is 519 g/mol. The first kappa shape index (κ1) is 24.8. The molecule has 4 aromatic rings. The van der Waals surface area contributed by atoms with E-state index in [0.29, 0.717) is 35.0 Å². The lowest BCUT2D eigenvalue weighted by atomic mass is 10.2. The van der Waals surface area contributed by atoms with E-state index >= 15 is 0 Å². The predicted molar refractivity (Wildman–Crippen MR) is 141 cm³/mol. The molecule has 190 valence electrons. The Labute approximate surface area is 217 Å². The van der Waals surface area contributed by atoms with Crippen molar-refractivity contribution in [2.24, 2.45) is 0 Å². The molecule has 3 aromatic heterocycles. The number of ether oxygens (including phenoxy) is 3. The third-order valence-electron chi connectivity index (χ3n) is 6.42. The van der Waals surface area contributed by atoms with Gasteiger partial charge in [0.2, 0.25) is 0 Å². The number of methoxy groups -OCH3 is 2. The number of benzene rings is 1. The zero-order valence-corrected chi connectivity index (χ0v) is 21.5. The fourth-order valence-electron chi connectivity index (χ4n) is 4.62. The highest BCUT2D eigenvalue weighted by Gasteiger charge is 2.36. The van der Waals surface area contributed by atoms with Crippen LogP contribution in [0.15, 0.2) is 42.6 Å². The van der Waals surface area contributed by atoms with Gasteiger partial charge in [-0.15, -0.1) is 17.8 Å².